The van der Waals surface area contributed by atoms with Crippen LogP contribution in [0.4, 0.5) is 5.13 Å². The Hall–Kier alpha value is -4.04. The number of anilines is 1. The van der Waals surface area contributed by atoms with Crippen LogP contribution in [0, 0.1) is 0 Å². The summed E-state index contributed by atoms with van der Waals surface area (Å²) in [5.74, 6) is 0.144. The first kappa shape index (κ1) is 20.8. The van der Waals surface area contributed by atoms with Crippen molar-refractivity contribution in [3.8, 4) is 5.75 Å². The monoisotopic (exact) mass is 457 g/mol. The van der Waals surface area contributed by atoms with Gasteiger partial charge in [-0.3, -0.25) is 19.5 Å². The number of ether oxygens (including phenoxy) is 1. The van der Waals surface area contributed by atoms with Crippen LogP contribution in [0.1, 0.15) is 23.0 Å². The molecule has 0 unspecified atom stereocenters. The molecule has 0 atom stereocenters. The summed E-state index contributed by atoms with van der Waals surface area (Å²) in [6, 6.07) is 18.0. The highest BCUT2D eigenvalue weighted by Gasteiger charge is 2.26. The highest BCUT2D eigenvalue weighted by Crippen LogP contribution is 2.35. The van der Waals surface area contributed by atoms with Crippen LogP contribution in [-0.4, -0.2) is 22.5 Å². The van der Waals surface area contributed by atoms with E-state index in [-0.39, 0.29) is 17.5 Å². The Labute approximate surface area is 192 Å². The van der Waals surface area contributed by atoms with Crippen molar-refractivity contribution in [1.29, 1.82) is 0 Å². The summed E-state index contributed by atoms with van der Waals surface area (Å²) in [4.78, 5) is 37.3. The van der Waals surface area contributed by atoms with Crippen molar-refractivity contribution < 1.29 is 13.9 Å². The molecule has 0 radical (unpaired) electrons. The van der Waals surface area contributed by atoms with Gasteiger partial charge >= 0.3 is 0 Å². The van der Waals surface area contributed by atoms with Crippen molar-refractivity contribution in [1.82, 2.24) is 9.97 Å². The van der Waals surface area contributed by atoms with Gasteiger partial charge in [0.05, 0.1) is 28.9 Å². The highest BCUT2D eigenvalue weighted by atomic mass is 32.1. The van der Waals surface area contributed by atoms with Crippen LogP contribution in [0.5, 0.6) is 5.75 Å². The molecule has 3 heterocycles. The predicted octanol–water partition coefficient (Wildman–Crippen LogP) is 5.04. The summed E-state index contributed by atoms with van der Waals surface area (Å²) < 4.78 is 12.2. The fraction of sp³-hybridized carbons (Fsp3) is 0.120. The van der Waals surface area contributed by atoms with Crippen LogP contribution < -0.4 is 15.1 Å². The highest BCUT2D eigenvalue weighted by molar-refractivity contribution is 7.22. The fourth-order valence-electron chi connectivity index (χ4n) is 3.55. The standard InChI is InChI=1S/C25H19N3O4S/c1-2-31-20-11-7-12-21-22(20)27-25(33-21)28(14-16-8-5-6-13-26-16)24(30)18-15-32-19-10-4-3-9-17(19)23(18)29/h3-13,15H,2,14H2,1H3. The summed E-state index contributed by atoms with van der Waals surface area (Å²) in [5.41, 5.74) is 1.32. The number of carbonyl (C=O) groups is 1. The van der Waals surface area contributed by atoms with E-state index in [1.54, 1.807) is 36.5 Å². The van der Waals surface area contributed by atoms with E-state index < -0.39 is 5.91 Å². The minimum absolute atomic E-state index is 0.0612. The molecule has 2 aromatic carbocycles. The van der Waals surface area contributed by atoms with Crippen LogP contribution in [0.25, 0.3) is 21.2 Å². The first-order chi connectivity index (χ1) is 16.2. The van der Waals surface area contributed by atoms with Gasteiger partial charge in [0.25, 0.3) is 5.91 Å². The number of carbonyl (C=O) groups excluding carboxylic acids is 1. The predicted molar refractivity (Wildman–Crippen MR) is 128 cm³/mol. The molecule has 5 rings (SSSR count). The average Bonchev–Trinajstić information content (AvgIpc) is 3.28. The van der Waals surface area contributed by atoms with E-state index in [4.69, 9.17) is 14.1 Å². The van der Waals surface area contributed by atoms with Crippen molar-refractivity contribution in [2.45, 2.75) is 13.5 Å². The van der Waals surface area contributed by atoms with Gasteiger partial charge in [-0.2, -0.15) is 0 Å². The largest absolute Gasteiger partial charge is 0.492 e. The lowest BCUT2D eigenvalue weighted by Crippen LogP contribution is -2.34. The van der Waals surface area contributed by atoms with Crippen molar-refractivity contribution >= 4 is 43.6 Å². The summed E-state index contributed by atoms with van der Waals surface area (Å²) >= 11 is 1.35. The van der Waals surface area contributed by atoms with Crippen LogP contribution in [0.2, 0.25) is 0 Å². The third-order valence-corrected chi connectivity index (χ3v) is 6.15. The van der Waals surface area contributed by atoms with Gasteiger partial charge in [-0.05, 0) is 43.3 Å². The molecular formula is C25H19N3O4S. The van der Waals surface area contributed by atoms with Gasteiger partial charge < -0.3 is 9.15 Å². The molecule has 8 heteroatoms. The Morgan fingerprint density at radius 3 is 2.76 bits per heavy atom. The van der Waals surface area contributed by atoms with Crippen LogP contribution in [0.3, 0.4) is 0 Å². The second-order valence-corrected chi connectivity index (χ2v) is 8.23. The molecule has 7 nitrogen and oxygen atoms in total. The zero-order chi connectivity index (χ0) is 22.8. The third kappa shape index (κ3) is 3.96. The average molecular weight is 458 g/mol. The molecule has 5 aromatic rings. The molecule has 0 spiro atoms. The molecular weight excluding hydrogens is 438 g/mol. The SMILES string of the molecule is CCOc1cccc2sc(N(Cc3ccccn3)C(=O)c3coc4ccccc4c3=O)nc12. The first-order valence-corrected chi connectivity index (χ1v) is 11.2. The molecule has 0 saturated heterocycles. The molecule has 0 aliphatic rings. The number of nitrogens with zero attached hydrogens (tertiary/aromatic N) is 3. The molecule has 0 aliphatic carbocycles. The Kier molecular flexibility index (Phi) is 5.58. The van der Waals surface area contributed by atoms with E-state index in [1.165, 1.54) is 22.5 Å². The maximum Gasteiger partial charge on any atom is 0.267 e. The lowest BCUT2D eigenvalue weighted by Gasteiger charge is -2.19. The van der Waals surface area contributed by atoms with Crippen molar-refractivity contribution in [2.24, 2.45) is 0 Å². The van der Waals surface area contributed by atoms with Crippen molar-refractivity contribution in [2.75, 3.05) is 11.5 Å². The third-order valence-electron chi connectivity index (χ3n) is 5.10. The number of pyridine rings is 1. The summed E-state index contributed by atoms with van der Waals surface area (Å²) in [5, 5.41) is 0.796. The number of fused-ring (bicyclic) bond motifs is 2. The molecule has 1 amide bonds. The number of para-hydroxylation sites is 2. The normalized spacial score (nSPS) is 11.1. The van der Waals surface area contributed by atoms with E-state index in [0.29, 0.717) is 39.7 Å². The molecule has 0 fully saturated rings. The minimum atomic E-state index is -0.503. The van der Waals surface area contributed by atoms with Crippen LogP contribution in [0.15, 0.2) is 82.3 Å². The minimum Gasteiger partial charge on any atom is -0.492 e. The zero-order valence-electron chi connectivity index (χ0n) is 17.7. The van der Waals surface area contributed by atoms with E-state index in [9.17, 15) is 9.59 Å². The smallest absolute Gasteiger partial charge is 0.267 e. The topological polar surface area (TPSA) is 85.5 Å². The van der Waals surface area contributed by atoms with Gasteiger partial charge in [-0.25, -0.2) is 4.98 Å². The molecule has 0 saturated carbocycles. The second-order valence-electron chi connectivity index (χ2n) is 7.22. The van der Waals surface area contributed by atoms with Crippen molar-refractivity contribution in [3.63, 3.8) is 0 Å². The number of thiazole rings is 1. The summed E-state index contributed by atoms with van der Waals surface area (Å²) in [6.07, 6.45) is 2.88. The van der Waals surface area contributed by atoms with E-state index in [0.717, 1.165) is 4.70 Å². The fourth-order valence-corrected chi connectivity index (χ4v) is 4.53. The number of hydrogen-bond acceptors (Lipinski definition) is 7. The van der Waals surface area contributed by atoms with Gasteiger partial charge in [-0.1, -0.05) is 35.6 Å². The maximum absolute atomic E-state index is 13.7. The lowest BCUT2D eigenvalue weighted by atomic mass is 10.1. The molecule has 0 N–H and O–H groups in total. The summed E-state index contributed by atoms with van der Waals surface area (Å²) in [7, 11) is 0. The lowest BCUT2D eigenvalue weighted by molar-refractivity contribution is 0.0982. The van der Waals surface area contributed by atoms with Gasteiger partial charge in [0.15, 0.2) is 5.13 Å². The maximum atomic E-state index is 13.7. The number of amides is 1. The molecule has 164 valence electrons. The Bertz CT molecular complexity index is 1510. The Morgan fingerprint density at radius 1 is 1.09 bits per heavy atom. The second kappa shape index (κ2) is 8.84. The van der Waals surface area contributed by atoms with Gasteiger partial charge in [0, 0.05) is 6.20 Å². The van der Waals surface area contributed by atoms with Gasteiger partial charge in [-0.15, -0.1) is 0 Å². The van der Waals surface area contributed by atoms with Crippen LogP contribution in [-0.2, 0) is 6.54 Å². The van der Waals surface area contributed by atoms with E-state index in [2.05, 4.69) is 4.98 Å². The van der Waals surface area contributed by atoms with E-state index in [1.807, 2.05) is 37.3 Å². The zero-order valence-corrected chi connectivity index (χ0v) is 18.5. The van der Waals surface area contributed by atoms with Gasteiger partial charge in [0.2, 0.25) is 5.43 Å². The Morgan fingerprint density at radius 2 is 1.94 bits per heavy atom. The number of rotatable bonds is 6. The number of hydrogen-bond donors (Lipinski definition) is 0. The quantitative estimate of drug-likeness (QED) is 0.355. The first-order valence-electron chi connectivity index (χ1n) is 10.4. The van der Waals surface area contributed by atoms with Crippen molar-refractivity contribution in [3.05, 3.63) is 94.6 Å². The molecule has 3 aromatic heterocycles. The number of benzene rings is 2. The number of aromatic nitrogens is 2. The molecule has 33 heavy (non-hydrogen) atoms. The molecule has 0 bridgehead atoms. The summed E-state index contributed by atoms with van der Waals surface area (Å²) in [6.45, 7) is 2.55. The van der Waals surface area contributed by atoms with E-state index >= 15 is 0 Å². The Balaban J connectivity index is 1.63. The van der Waals surface area contributed by atoms with Crippen LogP contribution >= 0.6 is 11.3 Å². The van der Waals surface area contributed by atoms with Gasteiger partial charge in [0.1, 0.15) is 28.7 Å². The molecule has 0 aliphatic heterocycles.